The molecular weight excluding hydrogens is 180 g/mol. The van der Waals surface area contributed by atoms with Gasteiger partial charge in [-0.05, 0) is 5.22 Å². The van der Waals surface area contributed by atoms with Crippen LogP contribution < -0.4 is 5.43 Å². The Bertz CT molecular complexity index is 247. The number of hydrogen-bond donors (Lipinski definition) is 3. The van der Waals surface area contributed by atoms with Gasteiger partial charge < -0.3 is 10.2 Å². The normalized spacial score (nSPS) is 11.1. The van der Waals surface area contributed by atoms with Gasteiger partial charge in [0.2, 0.25) is 0 Å². The van der Waals surface area contributed by atoms with Crippen LogP contribution in [0.15, 0.2) is 5.22 Å². The molecule has 72 valence electrons. The summed E-state index contributed by atoms with van der Waals surface area (Å²) in [6.07, 6.45) is -0.436. The molecule has 0 aliphatic carbocycles. The SMILES string of the molecule is [N-]=[N+]=NN[C@@H](CCC(=O)O)C(=O)O. The van der Waals surface area contributed by atoms with Crippen LogP contribution >= 0.6 is 0 Å². The molecular formula is C5H8N4O4. The summed E-state index contributed by atoms with van der Waals surface area (Å²) in [5.74, 6) is -2.36. The quantitative estimate of drug-likeness (QED) is 0.235. The lowest BCUT2D eigenvalue weighted by Crippen LogP contribution is -2.33. The zero-order valence-corrected chi connectivity index (χ0v) is 6.54. The van der Waals surface area contributed by atoms with Crippen LogP contribution in [0.1, 0.15) is 12.8 Å². The number of carbonyl (C=O) groups is 2. The second-order valence-corrected chi connectivity index (χ2v) is 2.14. The molecule has 0 heterocycles. The molecule has 0 saturated carbocycles. The van der Waals surface area contributed by atoms with E-state index < -0.39 is 18.0 Å². The van der Waals surface area contributed by atoms with Crippen molar-refractivity contribution < 1.29 is 19.8 Å². The van der Waals surface area contributed by atoms with E-state index in [0.29, 0.717) is 0 Å². The van der Waals surface area contributed by atoms with E-state index in [2.05, 4.69) is 10.1 Å². The fourth-order valence-electron chi connectivity index (χ4n) is 0.607. The first kappa shape index (κ1) is 11.1. The number of nitrogens with one attached hydrogen (secondary N) is 1. The van der Waals surface area contributed by atoms with Gasteiger partial charge in [-0.25, -0.2) is 10.2 Å². The average molecular weight is 188 g/mol. The highest BCUT2D eigenvalue weighted by atomic mass is 16.4. The summed E-state index contributed by atoms with van der Waals surface area (Å²) >= 11 is 0. The summed E-state index contributed by atoms with van der Waals surface area (Å²) < 4.78 is 0. The van der Waals surface area contributed by atoms with E-state index in [9.17, 15) is 9.59 Å². The molecule has 0 fully saturated rings. The third-order valence-corrected chi connectivity index (χ3v) is 1.20. The van der Waals surface area contributed by atoms with Crippen molar-refractivity contribution >= 4 is 11.9 Å². The van der Waals surface area contributed by atoms with Crippen LogP contribution in [0.2, 0.25) is 0 Å². The summed E-state index contributed by atoms with van der Waals surface area (Å²) in [7, 11) is 0. The minimum Gasteiger partial charge on any atom is -0.481 e. The molecule has 0 saturated heterocycles. The molecule has 13 heavy (non-hydrogen) atoms. The molecule has 1 atom stereocenters. The van der Waals surface area contributed by atoms with E-state index in [4.69, 9.17) is 15.7 Å². The van der Waals surface area contributed by atoms with Crippen LogP contribution in [0.3, 0.4) is 0 Å². The summed E-state index contributed by atoms with van der Waals surface area (Å²) in [5.41, 5.74) is 9.83. The molecule has 0 amide bonds. The van der Waals surface area contributed by atoms with Gasteiger partial charge in [-0.3, -0.25) is 4.79 Å². The van der Waals surface area contributed by atoms with E-state index in [1.807, 2.05) is 5.43 Å². The van der Waals surface area contributed by atoms with Gasteiger partial charge in [0.15, 0.2) is 6.04 Å². The molecule has 8 nitrogen and oxygen atoms in total. The van der Waals surface area contributed by atoms with Gasteiger partial charge in [-0.15, -0.1) is 5.53 Å². The number of hydrogen-bond acceptors (Lipinski definition) is 3. The van der Waals surface area contributed by atoms with Crippen molar-refractivity contribution in [3.05, 3.63) is 10.4 Å². The number of carboxylic acids is 2. The molecule has 3 N–H and O–H groups in total. The molecule has 0 aliphatic rings. The summed E-state index contributed by atoms with van der Waals surface area (Å²) in [6.45, 7) is 0. The van der Waals surface area contributed by atoms with Gasteiger partial charge in [0.1, 0.15) is 0 Å². The predicted octanol–water partition coefficient (Wildman–Crippen LogP) is 0.119. The van der Waals surface area contributed by atoms with Crippen molar-refractivity contribution in [2.45, 2.75) is 18.9 Å². The van der Waals surface area contributed by atoms with Gasteiger partial charge in [-0.2, -0.15) is 4.91 Å². The molecule has 0 bridgehead atoms. The van der Waals surface area contributed by atoms with Crippen LogP contribution in [-0.2, 0) is 9.59 Å². The third kappa shape index (κ3) is 5.33. The topological polar surface area (TPSA) is 135 Å². The minimum absolute atomic E-state index is 0.135. The molecule has 8 heteroatoms. The first-order chi connectivity index (χ1) is 6.07. The fraction of sp³-hybridized carbons (Fsp3) is 0.600. The Hall–Kier alpha value is -1.95. The van der Waals surface area contributed by atoms with E-state index in [0.717, 1.165) is 0 Å². The highest BCUT2D eigenvalue weighted by molar-refractivity contribution is 5.74. The number of rotatable bonds is 6. The predicted molar refractivity (Wildman–Crippen MR) is 40.6 cm³/mol. The highest BCUT2D eigenvalue weighted by Gasteiger charge is 2.20. The van der Waals surface area contributed by atoms with Crippen LogP contribution in [0.25, 0.3) is 10.4 Å². The van der Waals surface area contributed by atoms with Gasteiger partial charge in [0.05, 0.1) is 0 Å². The smallest absolute Gasteiger partial charge is 0.349 e. The number of nitrogens with zero attached hydrogens (tertiary/aromatic N) is 3. The van der Waals surface area contributed by atoms with E-state index in [1.54, 1.807) is 0 Å². The van der Waals surface area contributed by atoms with Crippen molar-refractivity contribution in [2.24, 2.45) is 5.22 Å². The first-order valence-electron chi connectivity index (χ1n) is 3.32. The van der Waals surface area contributed by atoms with Gasteiger partial charge >= 0.3 is 11.9 Å². The Morgan fingerprint density at radius 2 is 2.15 bits per heavy atom. The van der Waals surface area contributed by atoms with Gasteiger partial charge in [0, 0.05) is 12.8 Å². The maximum atomic E-state index is 10.4. The van der Waals surface area contributed by atoms with Crippen LogP contribution in [0, 0.1) is 0 Å². The molecule has 0 aromatic heterocycles. The Morgan fingerprint density at radius 3 is 2.54 bits per heavy atom. The van der Waals surface area contributed by atoms with Crippen LogP contribution in [0.5, 0.6) is 0 Å². The summed E-state index contributed by atoms with van der Waals surface area (Å²) in [5, 5.41) is 19.5. The summed E-state index contributed by atoms with van der Waals surface area (Å²) in [6, 6.07) is -1.16. The van der Waals surface area contributed by atoms with Crippen molar-refractivity contribution in [1.29, 1.82) is 0 Å². The zero-order valence-electron chi connectivity index (χ0n) is 6.54. The second-order valence-electron chi connectivity index (χ2n) is 2.14. The van der Waals surface area contributed by atoms with Crippen molar-refractivity contribution in [3.8, 4) is 0 Å². The molecule has 0 aliphatic heterocycles. The van der Waals surface area contributed by atoms with Crippen molar-refractivity contribution in [1.82, 2.24) is 5.43 Å². The molecule has 0 aromatic carbocycles. The lowest BCUT2D eigenvalue weighted by molar-refractivity contribution is -0.140. The highest BCUT2D eigenvalue weighted by Crippen LogP contribution is 1.97. The Morgan fingerprint density at radius 1 is 1.54 bits per heavy atom. The van der Waals surface area contributed by atoms with Crippen molar-refractivity contribution in [3.63, 3.8) is 0 Å². The molecule has 0 rings (SSSR count). The third-order valence-electron chi connectivity index (χ3n) is 1.20. The van der Waals surface area contributed by atoms with Gasteiger partial charge in [-0.1, -0.05) is 0 Å². The molecule has 0 unspecified atom stereocenters. The van der Waals surface area contributed by atoms with E-state index >= 15 is 0 Å². The first-order valence-corrected chi connectivity index (χ1v) is 3.32. The van der Waals surface area contributed by atoms with Crippen LogP contribution in [0.4, 0.5) is 0 Å². The Kier molecular flexibility index (Phi) is 4.82. The molecule has 0 spiro atoms. The Balaban J connectivity index is 4.01. The van der Waals surface area contributed by atoms with Crippen molar-refractivity contribution in [2.75, 3.05) is 0 Å². The largest absolute Gasteiger partial charge is 0.481 e. The number of azide groups is 1. The Labute approximate surface area is 72.8 Å². The maximum absolute atomic E-state index is 10.4. The molecule has 0 radical (unpaired) electrons. The lowest BCUT2D eigenvalue weighted by atomic mass is 10.2. The number of carboxylic acid groups (broad SMARTS) is 2. The average Bonchev–Trinajstić information content (AvgIpc) is 2.03. The maximum Gasteiger partial charge on any atom is 0.349 e. The van der Waals surface area contributed by atoms with E-state index in [1.165, 1.54) is 0 Å². The van der Waals surface area contributed by atoms with Crippen LogP contribution in [-0.4, -0.2) is 28.2 Å². The summed E-state index contributed by atoms with van der Waals surface area (Å²) in [4.78, 5) is 22.7. The fourth-order valence-corrected chi connectivity index (χ4v) is 0.607. The van der Waals surface area contributed by atoms with E-state index in [-0.39, 0.29) is 12.8 Å². The zero-order chi connectivity index (χ0) is 10.3. The monoisotopic (exact) mass is 188 g/mol. The lowest BCUT2D eigenvalue weighted by Gasteiger charge is -2.05. The van der Waals surface area contributed by atoms with Gasteiger partial charge in [0.25, 0.3) is 0 Å². The minimum atomic E-state index is -1.26. The molecule has 0 aromatic rings. The number of aliphatic carboxylic acids is 2. The second kappa shape index (κ2) is 5.67. The standard InChI is InChI=1S/C5H8N4O4/c6-8-9-7-3(5(12)13)1-2-4(10)11/h3,7H,1-2H2,(H,10,11)(H,12,13)/t3-/m0/s1.